The van der Waals surface area contributed by atoms with Crippen LogP contribution < -0.4 is 16.2 Å². The molecule has 3 heterocycles. The molecule has 2 fully saturated rings. The quantitative estimate of drug-likeness (QED) is 0.664. The van der Waals surface area contributed by atoms with Gasteiger partial charge in [-0.1, -0.05) is 6.07 Å². The van der Waals surface area contributed by atoms with Gasteiger partial charge in [-0.15, -0.1) is 0 Å². The van der Waals surface area contributed by atoms with Crippen LogP contribution in [0.3, 0.4) is 0 Å². The number of fused-ring (bicyclic) bond motifs is 4. The Labute approximate surface area is 147 Å². The molecule has 25 heavy (non-hydrogen) atoms. The zero-order valence-corrected chi connectivity index (χ0v) is 14.5. The number of hydrogen-bond acceptors (Lipinski definition) is 6. The number of pyridine rings is 1. The summed E-state index contributed by atoms with van der Waals surface area (Å²) in [7, 11) is 0. The van der Waals surface area contributed by atoms with E-state index in [0.717, 1.165) is 37.1 Å². The molecular weight excluding hydrogens is 320 g/mol. The van der Waals surface area contributed by atoms with E-state index in [4.69, 9.17) is 14.5 Å². The van der Waals surface area contributed by atoms with Gasteiger partial charge >= 0.3 is 6.09 Å². The molecule has 4 rings (SSSR count). The van der Waals surface area contributed by atoms with Crippen molar-refractivity contribution in [2.24, 2.45) is 5.92 Å². The maximum atomic E-state index is 11.8. The first kappa shape index (κ1) is 16.8. The predicted octanol–water partition coefficient (Wildman–Crippen LogP) is 1.80. The van der Waals surface area contributed by atoms with Crippen LogP contribution in [0, 0.1) is 5.92 Å². The Hall–Kier alpha value is -1.70. The minimum absolute atomic E-state index is 0.118. The third-order valence-corrected chi connectivity index (χ3v) is 5.45. The standard InChI is InChI=1S/C18H26N4O3/c1-11-7-8-19-18(23)24-10-12-3-2-4-16(20-12)17-14-9-13(25-11)5-6-15(14)21-22-17/h2-4,11,13-15,17,21-22H,5-10H2,1H3,(H,19,23)/t11-,13?,14?,15?,17?/m1/s1. The van der Waals surface area contributed by atoms with E-state index < -0.39 is 6.09 Å². The Balaban J connectivity index is 1.58. The number of hydrazine groups is 1. The molecule has 0 spiro atoms. The number of aromatic nitrogens is 1. The third kappa shape index (κ3) is 3.78. The smallest absolute Gasteiger partial charge is 0.407 e. The van der Waals surface area contributed by atoms with Crippen molar-refractivity contribution < 1.29 is 14.3 Å². The van der Waals surface area contributed by atoms with Crippen molar-refractivity contribution in [1.29, 1.82) is 0 Å². The zero-order valence-electron chi connectivity index (χ0n) is 14.5. The second kappa shape index (κ2) is 7.27. The maximum absolute atomic E-state index is 11.8. The summed E-state index contributed by atoms with van der Waals surface area (Å²) in [5.74, 6) is 0.458. The lowest BCUT2D eigenvalue weighted by atomic mass is 9.79. The van der Waals surface area contributed by atoms with Crippen molar-refractivity contribution >= 4 is 6.09 Å². The van der Waals surface area contributed by atoms with E-state index in [1.54, 1.807) is 0 Å². The monoisotopic (exact) mass is 346 g/mol. The summed E-state index contributed by atoms with van der Waals surface area (Å²) < 4.78 is 11.5. The minimum Gasteiger partial charge on any atom is -0.443 e. The first-order valence-electron chi connectivity index (χ1n) is 9.22. The van der Waals surface area contributed by atoms with Gasteiger partial charge in [0.2, 0.25) is 0 Å². The van der Waals surface area contributed by atoms with Crippen LogP contribution in [0.5, 0.6) is 0 Å². The molecule has 3 aliphatic rings. The van der Waals surface area contributed by atoms with E-state index in [-0.39, 0.29) is 24.9 Å². The molecule has 1 saturated heterocycles. The summed E-state index contributed by atoms with van der Waals surface area (Å²) in [5.41, 5.74) is 8.61. The SMILES string of the molecule is C[C@@H]1CCNC(=O)OCc2cccc(n2)C2NNC3CCC(CC32)O1. The lowest BCUT2D eigenvalue weighted by Crippen LogP contribution is -2.38. The topological polar surface area (TPSA) is 84.5 Å². The molecule has 1 aliphatic carbocycles. The molecule has 1 aromatic heterocycles. The average Bonchev–Trinajstić information content (AvgIpc) is 3.03. The normalized spacial score (nSPS) is 35.9. The molecule has 4 bridgehead atoms. The number of hydrogen-bond donors (Lipinski definition) is 3. The molecule has 1 amide bonds. The average molecular weight is 346 g/mol. The number of nitrogens with one attached hydrogen (secondary N) is 3. The van der Waals surface area contributed by atoms with Crippen LogP contribution in [0.25, 0.3) is 0 Å². The highest BCUT2D eigenvalue weighted by atomic mass is 16.5. The summed E-state index contributed by atoms with van der Waals surface area (Å²) in [4.78, 5) is 16.5. The molecule has 4 unspecified atom stereocenters. The number of ether oxygens (including phenoxy) is 2. The van der Waals surface area contributed by atoms with Gasteiger partial charge in [0, 0.05) is 18.5 Å². The lowest BCUT2D eigenvalue weighted by molar-refractivity contribution is -0.0381. The van der Waals surface area contributed by atoms with E-state index in [2.05, 4.69) is 23.1 Å². The molecule has 0 aromatic carbocycles. The largest absolute Gasteiger partial charge is 0.443 e. The fourth-order valence-corrected chi connectivity index (χ4v) is 4.15. The molecule has 136 valence electrons. The van der Waals surface area contributed by atoms with Crippen molar-refractivity contribution in [3.63, 3.8) is 0 Å². The number of carbonyl (C=O) groups is 1. The summed E-state index contributed by atoms with van der Waals surface area (Å²) >= 11 is 0. The number of cyclic esters (lactones) is 1. The second-order valence-electron chi connectivity index (χ2n) is 7.26. The van der Waals surface area contributed by atoms with Crippen LogP contribution in [0.4, 0.5) is 4.79 Å². The van der Waals surface area contributed by atoms with E-state index in [9.17, 15) is 4.79 Å². The van der Waals surface area contributed by atoms with Crippen LogP contribution in [0.2, 0.25) is 0 Å². The minimum atomic E-state index is -0.409. The van der Waals surface area contributed by atoms with Gasteiger partial charge < -0.3 is 14.8 Å². The highest BCUT2D eigenvalue weighted by Crippen LogP contribution is 2.38. The summed E-state index contributed by atoms with van der Waals surface area (Å²) in [5, 5.41) is 2.78. The van der Waals surface area contributed by atoms with Gasteiger partial charge in [-0.2, -0.15) is 0 Å². The third-order valence-electron chi connectivity index (χ3n) is 5.45. The molecule has 3 N–H and O–H groups in total. The second-order valence-corrected chi connectivity index (χ2v) is 7.26. The molecule has 5 atom stereocenters. The fourth-order valence-electron chi connectivity index (χ4n) is 4.15. The van der Waals surface area contributed by atoms with Gasteiger partial charge in [0.15, 0.2) is 0 Å². The Bertz CT molecular complexity index is 626. The summed E-state index contributed by atoms with van der Waals surface area (Å²) in [6.45, 7) is 2.81. The number of amides is 1. The Morgan fingerprint density at radius 2 is 2.12 bits per heavy atom. The molecule has 1 aromatic rings. The molecule has 0 radical (unpaired) electrons. The molecule has 1 saturated carbocycles. The van der Waals surface area contributed by atoms with Gasteiger partial charge in [0.05, 0.1) is 29.6 Å². The van der Waals surface area contributed by atoms with Crippen LogP contribution in [-0.2, 0) is 16.1 Å². The van der Waals surface area contributed by atoms with Crippen molar-refractivity contribution in [3.05, 3.63) is 29.6 Å². The van der Waals surface area contributed by atoms with Crippen LogP contribution in [0.1, 0.15) is 50.0 Å². The van der Waals surface area contributed by atoms with Crippen molar-refractivity contribution in [2.45, 2.75) is 63.5 Å². The molecule has 2 aliphatic heterocycles. The van der Waals surface area contributed by atoms with E-state index in [0.29, 0.717) is 18.5 Å². The van der Waals surface area contributed by atoms with Gasteiger partial charge in [-0.25, -0.2) is 10.2 Å². The zero-order chi connectivity index (χ0) is 17.2. The Morgan fingerprint density at radius 3 is 3.04 bits per heavy atom. The first-order valence-corrected chi connectivity index (χ1v) is 9.22. The number of rotatable bonds is 0. The Morgan fingerprint density at radius 1 is 1.20 bits per heavy atom. The first-order chi connectivity index (χ1) is 12.2. The van der Waals surface area contributed by atoms with E-state index in [1.165, 1.54) is 0 Å². The van der Waals surface area contributed by atoms with Gasteiger partial charge in [-0.3, -0.25) is 10.4 Å². The van der Waals surface area contributed by atoms with Crippen molar-refractivity contribution in [1.82, 2.24) is 21.2 Å². The summed E-state index contributed by atoms with van der Waals surface area (Å²) in [6, 6.07) is 6.52. The summed E-state index contributed by atoms with van der Waals surface area (Å²) in [6.07, 6.45) is 3.95. The number of nitrogens with zero attached hydrogens (tertiary/aromatic N) is 1. The van der Waals surface area contributed by atoms with Gasteiger partial charge in [0.1, 0.15) is 6.61 Å². The van der Waals surface area contributed by atoms with Crippen molar-refractivity contribution in [3.8, 4) is 0 Å². The predicted molar refractivity (Wildman–Crippen MR) is 91.5 cm³/mol. The van der Waals surface area contributed by atoms with Crippen LogP contribution in [-0.4, -0.2) is 35.9 Å². The van der Waals surface area contributed by atoms with Crippen molar-refractivity contribution in [2.75, 3.05) is 6.54 Å². The van der Waals surface area contributed by atoms with Crippen LogP contribution >= 0.6 is 0 Å². The lowest BCUT2D eigenvalue weighted by Gasteiger charge is -2.34. The number of alkyl carbamates (subject to hydrolysis) is 1. The van der Waals surface area contributed by atoms with E-state index in [1.807, 2.05) is 18.2 Å². The fraction of sp³-hybridized carbons (Fsp3) is 0.667. The molecule has 7 heteroatoms. The van der Waals surface area contributed by atoms with Crippen LogP contribution in [0.15, 0.2) is 18.2 Å². The van der Waals surface area contributed by atoms with Gasteiger partial charge in [-0.05, 0) is 44.7 Å². The Kier molecular flexibility index (Phi) is 4.87. The molecule has 7 nitrogen and oxygen atoms in total. The highest BCUT2D eigenvalue weighted by molar-refractivity contribution is 5.67. The molecular formula is C18H26N4O3. The van der Waals surface area contributed by atoms with E-state index >= 15 is 0 Å². The number of carbonyl (C=O) groups excluding carboxylic acids is 1. The highest BCUT2D eigenvalue weighted by Gasteiger charge is 2.42. The van der Waals surface area contributed by atoms with Gasteiger partial charge in [0.25, 0.3) is 0 Å². The maximum Gasteiger partial charge on any atom is 0.407 e.